The van der Waals surface area contributed by atoms with Crippen molar-refractivity contribution in [3.8, 4) is 11.8 Å². The number of likely N-dealkylation sites (N-methyl/N-ethyl adjacent to an activating group) is 1. The van der Waals surface area contributed by atoms with Crippen LogP contribution in [0.4, 0.5) is 5.00 Å². The molecule has 2 amide bonds. The summed E-state index contributed by atoms with van der Waals surface area (Å²) in [6, 6.07) is 12.8. The quantitative estimate of drug-likeness (QED) is 0.364. The van der Waals surface area contributed by atoms with Gasteiger partial charge in [0.05, 0.1) is 4.88 Å². The van der Waals surface area contributed by atoms with Crippen molar-refractivity contribution in [2.75, 3.05) is 11.9 Å². The second kappa shape index (κ2) is 11.6. The molecule has 0 spiro atoms. The third-order valence-corrected chi connectivity index (χ3v) is 7.40. The number of nitrogens with one attached hydrogen (secondary N) is 2. The van der Waals surface area contributed by atoms with Crippen LogP contribution in [0, 0.1) is 25.7 Å². The highest BCUT2D eigenvalue weighted by atomic mass is 32.1. The third-order valence-electron chi connectivity index (χ3n) is 6.01. The second-order valence-corrected chi connectivity index (χ2v) is 9.59. The number of hydrogen-bond donors (Lipinski definition) is 2. The maximum absolute atomic E-state index is 13.4. The molecule has 0 radical (unpaired) electrons. The number of rotatable bonds is 7. The van der Waals surface area contributed by atoms with Gasteiger partial charge in [-0.2, -0.15) is 0 Å². The molecule has 4 rings (SSSR count). The van der Waals surface area contributed by atoms with E-state index >= 15 is 0 Å². The van der Waals surface area contributed by atoms with Crippen LogP contribution in [0.3, 0.4) is 0 Å². The summed E-state index contributed by atoms with van der Waals surface area (Å²) in [4.78, 5) is 35.8. The number of aromatic nitrogens is 4. The van der Waals surface area contributed by atoms with E-state index in [4.69, 9.17) is 0 Å². The van der Waals surface area contributed by atoms with E-state index in [0.717, 1.165) is 32.1 Å². The minimum absolute atomic E-state index is 0.0796. The zero-order valence-electron chi connectivity index (χ0n) is 21.2. The average molecular weight is 513 g/mol. The Balaban J connectivity index is 1.45. The number of anilines is 1. The van der Waals surface area contributed by atoms with E-state index < -0.39 is 11.9 Å². The largest absolute Gasteiger partial charge is 0.338 e. The first kappa shape index (κ1) is 25.8. The molecule has 2 N–H and O–H groups in total. The Morgan fingerprint density at radius 2 is 1.86 bits per heavy atom. The number of aromatic amines is 1. The number of carbonyl (C=O) groups is 2. The highest BCUT2D eigenvalue weighted by Gasteiger charge is 2.27. The van der Waals surface area contributed by atoms with Crippen LogP contribution in [-0.2, 0) is 11.2 Å². The summed E-state index contributed by atoms with van der Waals surface area (Å²) in [5, 5.41) is 11.7. The molecule has 0 saturated carbocycles. The highest BCUT2D eigenvalue weighted by molar-refractivity contribution is 7.17. The monoisotopic (exact) mass is 512 g/mol. The Morgan fingerprint density at radius 3 is 2.57 bits per heavy atom. The zero-order valence-corrected chi connectivity index (χ0v) is 22.0. The van der Waals surface area contributed by atoms with Gasteiger partial charge in [0.1, 0.15) is 16.9 Å². The summed E-state index contributed by atoms with van der Waals surface area (Å²) in [5.41, 5.74) is 3.89. The minimum Gasteiger partial charge on any atom is -0.338 e. The molecule has 3 heterocycles. The molecule has 0 aliphatic carbocycles. The smallest absolute Gasteiger partial charge is 0.289 e. The van der Waals surface area contributed by atoms with Gasteiger partial charge < -0.3 is 15.2 Å². The van der Waals surface area contributed by atoms with E-state index in [2.05, 4.69) is 37.3 Å². The predicted molar refractivity (Wildman–Crippen MR) is 145 cm³/mol. The van der Waals surface area contributed by atoms with Crippen LogP contribution in [0.15, 0.2) is 54.9 Å². The average Bonchev–Trinajstić information content (AvgIpc) is 3.50. The van der Waals surface area contributed by atoms with Crippen LogP contribution in [0.2, 0.25) is 0 Å². The summed E-state index contributed by atoms with van der Waals surface area (Å²) < 4.78 is 0. The number of hydrogen-bond acceptors (Lipinski definition) is 6. The molecule has 0 unspecified atom stereocenters. The summed E-state index contributed by atoms with van der Waals surface area (Å²) in [5.74, 6) is 6.31. The molecular weight excluding hydrogens is 484 g/mol. The van der Waals surface area contributed by atoms with E-state index in [1.807, 2.05) is 63.2 Å². The Hall–Kier alpha value is -4.29. The van der Waals surface area contributed by atoms with Gasteiger partial charge in [-0.3, -0.25) is 14.6 Å². The van der Waals surface area contributed by atoms with E-state index in [1.165, 1.54) is 11.3 Å². The van der Waals surface area contributed by atoms with Crippen LogP contribution >= 0.6 is 11.3 Å². The molecule has 9 heteroatoms. The van der Waals surface area contributed by atoms with Gasteiger partial charge in [0.2, 0.25) is 11.7 Å². The molecule has 0 aliphatic rings. The summed E-state index contributed by atoms with van der Waals surface area (Å²) in [6.07, 6.45) is 4.38. The number of amides is 2. The van der Waals surface area contributed by atoms with Crippen molar-refractivity contribution >= 4 is 28.2 Å². The van der Waals surface area contributed by atoms with Crippen molar-refractivity contribution < 1.29 is 9.59 Å². The van der Waals surface area contributed by atoms with Gasteiger partial charge in [0.15, 0.2) is 0 Å². The second-order valence-electron chi connectivity index (χ2n) is 8.59. The molecule has 3 aromatic heterocycles. The van der Waals surface area contributed by atoms with Gasteiger partial charge in [0.25, 0.3) is 5.91 Å². The fourth-order valence-corrected chi connectivity index (χ4v) is 4.89. The molecule has 0 bridgehead atoms. The van der Waals surface area contributed by atoms with Crippen molar-refractivity contribution in [3.63, 3.8) is 0 Å². The number of thiophene rings is 1. The molecule has 1 atom stereocenters. The van der Waals surface area contributed by atoms with Gasteiger partial charge in [-0.05, 0) is 49.1 Å². The third kappa shape index (κ3) is 6.11. The molecule has 188 valence electrons. The van der Waals surface area contributed by atoms with Crippen molar-refractivity contribution in [1.82, 2.24) is 25.5 Å². The van der Waals surface area contributed by atoms with Crippen LogP contribution in [-0.4, -0.2) is 45.1 Å². The first-order valence-electron chi connectivity index (χ1n) is 11.9. The molecule has 0 saturated heterocycles. The molecule has 0 fully saturated rings. The summed E-state index contributed by atoms with van der Waals surface area (Å²) in [6.45, 7) is 5.83. The molecule has 4 aromatic rings. The maximum Gasteiger partial charge on any atom is 0.289 e. The lowest BCUT2D eigenvalue weighted by Crippen LogP contribution is -2.47. The normalized spacial score (nSPS) is 11.4. The van der Waals surface area contributed by atoms with Gasteiger partial charge in [-0.25, -0.2) is 0 Å². The van der Waals surface area contributed by atoms with Crippen LogP contribution in [0.25, 0.3) is 0 Å². The van der Waals surface area contributed by atoms with Crippen molar-refractivity contribution in [1.29, 1.82) is 0 Å². The number of pyridine rings is 1. The lowest BCUT2D eigenvalue weighted by molar-refractivity contribution is -0.120. The molecule has 8 nitrogen and oxygen atoms in total. The molecule has 1 aromatic carbocycles. The Kier molecular flexibility index (Phi) is 8.11. The molecule has 0 aliphatic heterocycles. The Bertz CT molecular complexity index is 1450. The van der Waals surface area contributed by atoms with Gasteiger partial charge in [-0.1, -0.05) is 49.1 Å². The maximum atomic E-state index is 13.4. The Labute approximate surface area is 220 Å². The number of benzene rings is 1. The SMILES string of the molecule is CC[C@H](NC(=O)c1nnc(Cc2ccccc2)[nH]1)C(=O)N(C)c1sc(C#Cc2cccnc2)c(C)c1C. The highest BCUT2D eigenvalue weighted by Crippen LogP contribution is 2.34. The van der Waals surface area contributed by atoms with Gasteiger partial charge in [0, 0.05) is 31.4 Å². The number of carbonyl (C=O) groups excluding carboxylic acids is 2. The van der Waals surface area contributed by atoms with Crippen LogP contribution in [0.5, 0.6) is 0 Å². The molecule has 37 heavy (non-hydrogen) atoms. The summed E-state index contributed by atoms with van der Waals surface area (Å²) >= 11 is 1.46. The Morgan fingerprint density at radius 1 is 1.08 bits per heavy atom. The fourth-order valence-electron chi connectivity index (χ4n) is 3.75. The summed E-state index contributed by atoms with van der Waals surface area (Å²) in [7, 11) is 1.72. The van der Waals surface area contributed by atoms with Crippen molar-refractivity contribution in [2.24, 2.45) is 0 Å². The van der Waals surface area contributed by atoms with Crippen LogP contribution in [0.1, 0.15) is 56.9 Å². The van der Waals surface area contributed by atoms with E-state index in [0.29, 0.717) is 18.7 Å². The molecular formula is C28H28N6O2S. The van der Waals surface area contributed by atoms with E-state index in [-0.39, 0.29) is 11.7 Å². The predicted octanol–water partition coefficient (Wildman–Crippen LogP) is 4.04. The zero-order chi connectivity index (χ0) is 26.4. The topological polar surface area (TPSA) is 104 Å². The van der Waals surface area contributed by atoms with Crippen LogP contribution < -0.4 is 10.2 Å². The van der Waals surface area contributed by atoms with E-state index in [1.54, 1.807) is 24.3 Å². The lowest BCUT2D eigenvalue weighted by atomic mass is 10.1. The number of nitrogens with zero attached hydrogens (tertiary/aromatic N) is 4. The van der Waals surface area contributed by atoms with Crippen molar-refractivity contribution in [2.45, 2.75) is 39.7 Å². The van der Waals surface area contributed by atoms with E-state index in [9.17, 15) is 9.59 Å². The first-order chi connectivity index (χ1) is 17.9. The van der Waals surface area contributed by atoms with Gasteiger partial charge >= 0.3 is 0 Å². The minimum atomic E-state index is -0.716. The van der Waals surface area contributed by atoms with Gasteiger partial charge in [-0.15, -0.1) is 21.5 Å². The number of H-pyrrole nitrogens is 1. The lowest BCUT2D eigenvalue weighted by Gasteiger charge is -2.23. The van der Waals surface area contributed by atoms with Crippen molar-refractivity contribution in [3.05, 3.63) is 93.6 Å². The first-order valence-corrected chi connectivity index (χ1v) is 12.7. The fraction of sp³-hybridized carbons (Fsp3) is 0.250. The standard InChI is InChI=1S/C28H28N6O2S/c1-5-22(30-26(35)25-31-24(32-33-25)16-20-10-7-6-8-11-20)27(36)34(4)28-19(3)18(2)23(37-28)14-13-21-12-9-15-29-17-21/h6-12,15,17,22H,5,16H2,1-4H3,(H,30,35)(H,31,32,33)/t22-/m0/s1.